The molecule has 0 radical (unpaired) electrons. The average Bonchev–Trinajstić information content (AvgIpc) is 3.07. The number of nitrogens with zero attached hydrogens (tertiary/aromatic N) is 2. The highest BCUT2D eigenvalue weighted by atomic mass is 35.5. The van der Waals surface area contributed by atoms with Gasteiger partial charge in [-0.25, -0.2) is 0 Å². The second-order valence-electron chi connectivity index (χ2n) is 5.65. The average molecular weight is 365 g/mol. The van der Waals surface area contributed by atoms with E-state index in [-0.39, 0.29) is 0 Å². The molecule has 0 saturated carbocycles. The number of rotatable bonds is 3. The van der Waals surface area contributed by atoms with E-state index in [4.69, 9.17) is 23.2 Å². The maximum Gasteiger partial charge on any atom is 0.0876 e. The van der Waals surface area contributed by atoms with Gasteiger partial charge in [-0.3, -0.25) is 4.98 Å². The minimum absolute atomic E-state index is 0.697. The van der Waals surface area contributed by atoms with Crippen molar-refractivity contribution < 1.29 is 0 Å². The minimum atomic E-state index is 0.697. The molecule has 2 aromatic heterocycles. The Hall–Kier alpha value is -2.55. The summed E-state index contributed by atoms with van der Waals surface area (Å²) >= 11 is 12.4. The highest BCUT2D eigenvalue weighted by molar-refractivity contribution is 6.31. The van der Waals surface area contributed by atoms with Crippen LogP contribution in [0.3, 0.4) is 0 Å². The summed E-state index contributed by atoms with van der Waals surface area (Å²) in [6, 6.07) is 23.6. The van der Waals surface area contributed by atoms with Gasteiger partial charge in [0.2, 0.25) is 0 Å². The first-order chi connectivity index (χ1) is 12.2. The Morgan fingerprint density at radius 2 is 1.56 bits per heavy atom. The summed E-state index contributed by atoms with van der Waals surface area (Å²) in [6.45, 7) is 0. The predicted molar refractivity (Wildman–Crippen MR) is 104 cm³/mol. The van der Waals surface area contributed by atoms with Crippen molar-refractivity contribution in [3.05, 3.63) is 95.2 Å². The van der Waals surface area contributed by atoms with E-state index in [2.05, 4.69) is 21.7 Å². The molecule has 0 amide bonds. The van der Waals surface area contributed by atoms with Gasteiger partial charge >= 0.3 is 0 Å². The van der Waals surface area contributed by atoms with Gasteiger partial charge in [-0.1, -0.05) is 47.5 Å². The Morgan fingerprint density at radius 1 is 0.760 bits per heavy atom. The van der Waals surface area contributed by atoms with Crippen molar-refractivity contribution in [1.29, 1.82) is 0 Å². The first-order valence-electron chi connectivity index (χ1n) is 7.87. The molecule has 0 atom stereocenters. The van der Waals surface area contributed by atoms with Crippen molar-refractivity contribution in [3.63, 3.8) is 0 Å². The second kappa shape index (κ2) is 6.75. The number of aromatic nitrogens is 2. The summed E-state index contributed by atoms with van der Waals surface area (Å²) in [5, 5.41) is 1.41. The van der Waals surface area contributed by atoms with Crippen LogP contribution in [0.25, 0.3) is 28.2 Å². The van der Waals surface area contributed by atoms with Crippen LogP contribution < -0.4 is 0 Å². The molecular weight excluding hydrogens is 351 g/mol. The fourth-order valence-corrected chi connectivity index (χ4v) is 3.30. The summed E-state index contributed by atoms with van der Waals surface area (Å²) < 4.78 is 2.10. The van der Waals surface area contributed by atoms with Crippen LogP contribution in [0.2, 0.25) is 10.0 Å². The van der Waals surface area contributed by atoms with Crippen LogP contribution in [0.5, 0.6) is 0 Å². The zero-order valence-corrected chi connectivity index (χ0v) is 14.7. The predicted octanol–water partition coefficient (Wildman–Crippen LogP) is 6.51. The molecule has 0 aliphatic rings. The van der Waals surface area contributed by atoms with Crippen molar-refractivity contribution in [1.82, 2.24) is 9.55 Å². The Labute approximate surface area is 156 Å². The van der Waals surface area contributed by atoms with Crippen LogP contribution in [0, 0.1) is 0 Å². The molecule has 0 saturated heterocycles. The maximum absolute atomic E-state index is 6.20. The quantitative estimate of drug-likeness (QED) is 0.404. The lowest BCUT2D eigenvalue weighted by molar-refractivity contribution is 1.07. The van der Waals surface area contributed by atoms with Gasteiger partial charge in [-0.05, 0) is 54.1 Å². The van der Waals surface area contributed by atoms with Gasteiger partial charge in [0.05, 0.1) is 11.4 Å². The van der Waals surface area contributed by atoms with Crippen molar-refractivity contribution in [2.75, 3.05) is 0 Å². The standard InChI is InChI=1S/C21H14Cl2N2/c22-16-6-3-5-15(13-16)19-10-12-25(18-8-4-7-17(23)14-18)21(19)20-9-1-2-11-24-20/h1-14H. The number of hydrogen-bond donors (Lipinski definition) is 0. The van der Waals surface area contributed by atoms with E-state index < -0.39 is 0 Å². The third kappa shape index (κ3) is 3.19. The lowest BCUT2D eigenvalue weighted by atomic mass is 10.0. The van der Waals surface area contributed by atoms with E-state index in [1.165, 1.54) is 0 Å². The second-order valence-corrected chi connectivity index (χ2v) is 6.53. The van der Waals surface area contributed by atoms with E-state index >= 15 is 0 Å². The molecule has 2 aromatic carbocycles. The summed E-state index contributed by atoms with van der Waals surface area (Å²) in [5.74, 6) is 0. The smallest absolute Gasteiger partial charge is 0.0876 e. The molecule has 0 aliphatic carbocycles. The molecule has 25 heavy (non-hydrogen) atoms. The maximum atomic E-state index is 6.20. The Bertz CT molecular complexity index is 960. The number of halogens is 2. The van der Waals surface area contributed by atoms with Crippen molar-refractivity contribution >= 4 is 23.2 Å². The van der Waals surface area contributed by atoms with E-state index in [1.54, 1.807) is 6.20 Å². The number of pyridine rings is 1. The Balaban J connectivity index is 1.97. The molecule has 0 spiro atoms. The molecule has 0 bridgehead atoms. The summed E-state index contributed by atoms with van der Waals surface area (Å²) in [4.78, 5) is 4.55. The van der Waals surface area contributed by atoms with Crippen molar-refractivity contribution in [2.45, 2.75) is 0 Å². The number of benzene rings is 2. The van der Waals surface area contributed by atoms with Gasteiger partial charge in [-0.2, -0.15) is 0 Å². The lowest BCUT2D eigenvalue weighted by Crippen LogP contribution is -1.97. The van der Waals surface area contributed by atoms with Gasteiger partial charge < -0.3 is 4.57 Å². The minimum Gasteiger partial charge on any atom is -0.315 e. The zero-order valence-electron chi connectivity index (χ0n) is 13.2. The molecule has 2 heterocycles. The first-order valence-corrected chi connectivity index (χ1v) is 8.62. The summed E-state index contributed by atoms with van der Waals surface area (Å²) in [7, 11) is 0. The van der Waals surface area contributed by atoms with E-state index in [1.807, 2.05) is 66.9 Å². The summed E-state index contributed by atoms with van der Waals surface area (Å²) in [5.41, 5.74) is 5.00. The highest BCUT2D eigenvalue weighted by Gasteiger charge is 2.15. The first kappa shape index (κ1) is 15.9. The highest BCUT2D eigenvalue weighted by Crippen LogP contribution is 2.35. The monoisotopic (exact) mass is 364 g/mol. The Kier molecular flexibility index (Phi) is 4.31. The molecule has 4 rings (SSSR count). The molecular formula is C21H14Cl2N2. The van der Waals surface area contributed by atoms with Crippen LogP contribution in [-0.4, -0.2) is 9.55 Å². The Morgan fingerprint density at radius 3 is 2.28 bits per heavy atom. The summed E-state index contributed by atoms with van der Waals surface area (Å²) in [6.07, 6.45) is 3.83. The van der Waals surface area contributed by atoms with E-state index in [0.29, 0.717) is 10.0 Å². The van der Waals surface area contributed by atoms with E-state index in [0.717, 1.165) is 28.2 Å². The fraction of sp³-hybridized carbons (Fsp3) is 0. The van der Waals surface area contributed by atoms with Crippen LogP contribution in [-0.2, 0) is 0 Å². The van der Waals surface area contributed by atoms with Crippen molar-refractivity contribution in [3.8, 4) is 28.2 Å². The van der Waals surface area contributed by atoms with Crippen LogP contribution in [0.15, 0.2) is 85.2 Å². The van der Waals surface area contributed by atoms with Crippen LogP contribution in [0.4, 0.5) is 0 Å². The molecule has 0 aliphatic heterocycles. The topological polar surface area (TPSA) is 17.8 Å². The SMILES string of the molecule is Clc1cccc(-c2ccn(-c3cccc(Cl)c3)c2-c2ccccn2)c1. The third-order valence-electron chi connectivity index (χ3n) is 4.02. The molecule has 2 nitrogen and oxygen atoms in total. The normalized spacial score (nSPS) is 10.8. The van der Waals surface area contributed by atoms with E-state index in [9.17, 15) is 0 Å². The van der Waals surface area contributed by atoms with Crippen LogP contribution >= 0.6 is 23.2 Å². The van der Waals surface area contributed by atoms with Gasteiger partial charge in [0, 0.05) is 33.7 Å². The lowest BCUT2D eigenvalue weighted by Gasteiger charge is -2.12. The largest absolute Gasteiger partial charge is 0.315 e. The van der Waals surface area contributed by atoms with Gasteiger partial charge in [0.25, 0.3) is 0 Å². The molecule has 0 N–H and O–H groups in total. The third-order valence-corrected chi connectivity index (χ3v) is 4.49. The van der Waals surface area contributed by atoms with Gasteiger partial charge in [-0.15, -0.1) is 0 Å². The molecule has 122 valence electrons. The molecule has 0 fully saturated rings. The zero-order chi connectivity index (χ0) is 17.2. The van der Waals surface area contributed by atoms with Crippen molar-refractivity contribution in [2.24, 2.45) is 0 Å². The molecule has 4 aromatic rings. The fourth-order valence-electron chi connectivity index (χ4n) is 2.93. The van der Waals surface area contributed by atoms with Gasteiger partial charge in [0.15, 0.2) is 0 Å². The van der Waals surface area contributed by atoms with Crippen LogP contribution in [0.1, 0.15) is 0 Å². The molecule has 4 heteroatoms. The van der Waals surface area contributed by atoms with Gasteiger partial charge in [0.1, 0.15) is 0 Å². The number of hydrogen-bond acceptors (Lipinski definition) is 1. The molecule has 0 unspecified atom stereocenters.